The largest absolute Gasteiger partial charge is 0.339 e. The zero-order valence-corrected chi connectivity index (χ0v) is 10.5. The smallest absolute Gasteiger partial charge is 0.227 e. The highest BCUT2D eigenvalue weighted by Crippen LogP contribution is 2.26. The third-order valence-corrected chi connectivity index (χ3v) is 4.21. The predicted octanol–water partition coefficient (Wildman–Crippen LogP) is 1.78. The molecular weight excluding hydrogens is 200 g/mol. The average molecular weight is 224 g/mol. The Balaban J connectivity index is 2.00. The molecule has 0 aromatic rings. The number of piperidine rings is 1. The Hall–Kier alpha value is -0.570. The van der Waals surface area contributed by atoms with Gasteiger partial charge < -0.3 is 10.2 Å². The van der Waals surface area contributed by atoms with Gasteiger partial charge in [0, 0.05) is 18.6 Å². The molecular formula is C13H24N2O. The molecule has 0 spiro atoms. The first kappa shape index (κ1) is 11.9. The van der Waals surface area contributed by atoms with E-state index in [2.05, 4.69) is 24.1 Å². The first-order chi connectivity index (χ1) is 7.74. The summed E-state index contributed by atoms with van der Waals surface area (Å²) in [4.78, 5) is 14.6. The van der Waals surface area contributed by atoms with Crippen molar-refractivity contribution in [3.05, 3.63) is 0 Å². The SMILES string of the molecule is CCC1CCCN1C(=O)C1CCCNC1C. The second-order valence-corrected chi connectivity index (χ2v) is 5.23. The molecule has 0 saturated carbocycles. The van der Waals surface area contributed by atoms with Crippen LogP contribution in [0.25, 0.3) is 0 Å². The quantitative estimate of drug-likeness (QED) is 0.775. The molecule has 0 aliphatic carbocycles. The van der Waals surface area contributed by atoms with E-state index in [1.807, 2.05) is 0 Å². The minimum atomic E-state index is 0.223. The lowest BCUT2D eigenvalue weighted by Crippen LogP contribution is -2.49. The van der Waals surface area contributed by atoms with Crippen LogP contribution in [0, 0.1) is 5.92 Å². The van der Waals surface area contributed by atoms with Gasteiger partial charge in [-0.1, -0.05) is 6.92 Å². The van der Waals surface area contributed by atoms with Gasteiger partial charge in [-0.15, -0.1) is 0 Å². The lowest BCUT2D eigenvalue weighted by Gasteiger charge is -2.34. The first-order valence-electron chi connectivity index (χ1n) is 6.78. The van der Waals surface area contributed by atoms with Crippen LogP contribution < -0.4 is 5.32 Å². The third kappa shape index (κ3) is 2.24. The summed E-state index contributed by atoms with van der Waals surface area (Å²) in [5, 5.41) is 3.42. The van der Waals surface area contributed by atoms with Crippen molar-refractivity contribution in [1.82, 2.24) is 10.2 Å². The summed E-state index contributed by atoms with van der Waals surface area (Å²) in [5.74, 6) is 0.630. The molecule has 3 nitrogen and oxygen atoms in total. The van der Waals surface area contributed by atoms with E-state index < -0.39 is 0 Å². The van der Waals surface area contributed by atoms with Crippen molar-refractivity contribution >= 4 is 5.91 Å². The highest BCUT2D eigenvalue weighted by molar-refractivity contribution is 5.80. The highest BCUT2D eigenvalue weighted by Gasteiger charge is 2.35. The van der Waals surface area contributed by atoms with Gasteiger partial charge in [0.1, 0.15) is 0 Å². The molecule has 2 rings (SSSR count). The summed E-state index contributed by atoms with van der Waals surface area (Å²) in [5.41, 5.74) is 0. The van der Waals surface area contributed by atoms with Gasteiger partial charge >= 0.3 is 0 Å². The van der Waals surface area contributed by atoms with E-state index in [0.29, 0.717) is 18.0 Å². The maximum Gasteiger partial charge on any atom is 0.227 e. The van der Waals surface area contributed by atoms with Crippen molar-refractivity contribution in [3.63, 3.8) is 0 Å². The number of nitrogens with one attached hydrogen (secondary N) is 1. The molecule has 2 aliphatic rings. The molecule has 1 amide bonds. The number of hydrogen-bond acceptors (Lipinski definition) is 2. The molecule has 3 atom stereocenters. The third-order valence-electron chi connectivity index (χ3n) is 4.21. The summed E-state index contributed by atoms with van der Waals surface area (Å²) in [6, 6.07) is 0.876. The maximum absolute atomic E-state index is 12.5. The van der Waals surface area contributed by atoms with Crippen LogP contribution in [-0.2, 0) is 4.79 Å². The Kier molecular flexibility index (Phi) is 3.85. The summed E-state index contributed by atoms with van der Waals surface area (Å²) in [6.45, 7) is 6.40. The van der Waals surface area contributed by atoms with Crippen LogP contribution >= 0.6 is 0 Å². The van der Waals surface area contributed by atoms with Crippen LogP contribution in [0.1, 0.15) is 46.0 Å². The van der Waals surface area contributed by atoms with Gasteiger partial charge in [-0.05, 0) is 45.6 Å². The van der Waals surface area contributed by atoms with Gasteiger partial charge in [0.2, 0.25) is 5.91 Å². The zero-order valence-electron chi connectivity index (χ0n) is 10.5. The van der Waals surface area contributed by atoms with Crippen molar-refractivity contribution in [3.8, 4) is 0 Å². The molecule has 3 unspecified atom stereocenters. The number of rotatable bonds is 2. The number of amides is 1. The summed E-state index contributed by atoms with van der Waals surface area (Å²) in [7, 11) is 0. The molecule has 2 fully saturated rings. The Morgan fingerprint density at radius 2 is 2.19 bits per heavy atom. The molecule has 2 aliphatic heterocycles. The summed E-state index contributed by atoms with van der Waals surface area (Å²) in [6.07, 6.45) is 5.72. The fraction of sp³-hybridized carbons (Fsp3) is 0.923. The van der Waals surface area contributed by atoms with Gasteiger partial charge in [-0.2, -0.15) is 0 Å². The zero-order chi connectivity index (χ0) is 11.5. The minimum absolute atomic E-state index is 0.223. The number of hydrogen-bond donors (Lipinski definition) is 1. The van der Waals surface area contributed by atoms with Crippen LogP contribution in [-0.4, -0.2) is 36.0 Å². The summed E-state index contributed by atoms with van der Waals surface area (Å²) >= 11 is 0. The van der Waals surface area contributed by atoms with E-state index in [1.54, 1.807) is 0 Å². The number of nitrogens with zero attached hydrogens (tertiary/aromatic N) is 1. The Morgan fingerprint density at radius 3 is 2.88 bits per heavy atom. The van der Waals surface area contributed by atoms with E-state index in [9.17, 15) is 4.79 Å². The van der Waals surface area contributed by atoms with Crippen LogP contribution in [0.15, 0.2) is 0 Å². The van der Waals surface area contributed by atoms with Gasteiger partial charge in [0.15, 0.2) is 0 Å². The average Bonchev–Trinajstić information content (AvgIpc) is 2.77. The lowest BCUT2D eigenvalue weighted by atomic mass is 9.90. The standard InChI is InChI=1S/C13H24N2O/c1-3-11-6-5-9-15(11)13(16)12-7-4-8-14-10(12)2/h10-12,14H,3-9H2,1-2H3. The van der Waals surface area contributed by atoms with Crippen LogP contribution in [0.5, 0.6) is 0 Å². The molecule has 2 heterocycles. The maximum atomic E-state index is 12.5. The fourth-order valence-electron chi connectivity index (χ4n) is 3.14. The fourth-order valence-corrected chi connectivity index (χ4v) is 3.14. The van der Waals surface area contributed by atoms with Crippen molar-refractivity contribution in [2.75, 3.05) is 13.1 Å². The monoisotopic (exact) mass is 224 g/mol. The Bertz CT molecular complexity index is 250. The number of carbonyl (C=O) groups excluding carboxylic acids is 1. The van der Waals surface area contributed by atoms with E-state index in [4.69, 9.17) is 0 Å². The molecule has 0 radical (unpaired) electrons. The normalized spacial score (nSPS) is 35.4. The first-order valence-corrected chi connectivity index (χ1v) is 6.78. The topological polar surface area (TPSA) is 32.3 Å². The Morgan fingerprint density at radius 1 is 1.38 bits per heavy atom. The van der Waals surface area contributed by atoms with E-state index in [0.717, 1.165) is 32.4 Å². The molecule has 0 aromatic heterocycles. The van der Waals surface area contributed by atoms with Crippen LogP contribution in [0.2, 0.25) is 0 Å². The van der Waals surface area contributed by atoms with Crippen molar-refractivity contribution < 1.29 is 4.79 Å². The number of likely N-dealkylation sites (tertiary alicyclic amines) is 1. The van der Waals surface area contributed by atoms with Crippen LogP contribution in [0.3, 0.4) is 0 Å². The molecule has 0 aromatic carbocycles. The van der Waals surface area contributed by atoms with E-state index >= 15 is 0 Å². The molecule has 3 heteroatoms. The van der Waals surface area contributed by atoms with E-state index in [-0.39, 0.29) is 5.92 Å². The van der Waals surface area contributed by atoms with Gasteiger partial charge in [-0.3, -0.25) is 4.79 Å². The molecule has 0 bridgehead atoms. The second-order valence-electron chi connectivity index (χ2n) is 5.23. The predicted molar refractivity (Wildman–Crippen MR) is 65.2 cm³/mol. The minimum Gasteiger partial charge on any atom is -0.339 e. The van der Waals surface area contributed by atoms with Crippen molar-refractivity contribution in [2.45, 2.75) is 58.0 Å². The second kappa shape index (κ2) is 5.17. The van der Waals surface area contributed by atoms with Gasteiger partial charge in [0.05, 0.1) is 5.92 Å². The molecule has 16 heavy (non-hydrogen) atoms. The van der Waals surface area contributed by atoms with Gasteiger partial charge in [-0.25, -0.2) is 0 Å². The van der Waals surface area contributed by atoms with Crippen molar-refractivity contribution in [2.24, 2.45) is 5.92 Å². The summed E-state index contributed by atoms with van der Waals surface area (Å²) < 4.78 is 0. The highest BCUT2D eigenvalue weighted by atomic mass is 16.2. The molecule has 92 valence electrons. The van der Waals surface area contributed by atoms with Gasteiger partial charge in [0.25, 0.3) is 0 Å². The van der Waals surface area contributed by atoms with E-state index in [1.165, 1.54) is 12.8 Å². The molecule has 2 saturated heterocycles. The van der Waals surface area contributed by atoms with Crippen LogP contribution in [0.4, 0.5) is 0 Å². The van der Waals surface area contributed by atoms with Crippen molar-refractivity contribution in [1.29, 1.82) is 0 Å². The lowest BCUT2D eigenvalue weighted by molar-refractivity contribution is -0.138. The number of carbonyl (C=O) groups is 1. The molecule has 1 N–H and O–H groups in total. The Labute approximate surface area is 98.6 Å².